The number of carbonyl (C=O) groups is 1. The van der Waals surface area contributed by atoms with Crippen LogP contribution in [0.5, 0.6) is 0 Å². The Hall–Kier alpha value is -2.11. The Morgan fingerprint density at radius 1 is 1.27 bits per heavy atom. The van der Waals surface area contributed by atoms with Crippen LogP contribution in [0.15, 0.2) is 12.3 Å². The molecule has 1 unspecified atom stereocenters. The lowest BCUT2D eigenvalue weighted by atomic mass is 9.93. The van der Waals surface area contributed by atoms with E-state index in [1.165, 1.54) is 24.2 Å². The molecule has 1 N–H and O–H groups in total. The Labute approximate surface area is 129 Å². The van der Waals surface area contributed by atoms with E-state index in [1.807, 2.05) is 35.7 Å². The molecular formula is C16H21N5O. The number of fused-ring (bicyclic) bond motifs is 1. The van der Waals surface area contributed by atoms with Gasteiger partial charge in [-0.15, -0.1) is 0 Å². The normalized spacial score (nSPS) is 20.7. The Kier molecular flexibility index (Phi) is 3.06. The lowest BCUT2D eigenvalue weighted by molar-refractivity contribution is 0.0927. The molecule has 6 nitrogen and oxygen atoms in total. The van der Waals surface area contributed by atoms with Crippen LogP contribution in [-0.4, -0.2) is 25.5 Å². The molecule has 1 saturated carbocycles. The van der Waals surface area contributed by atoms with E-state index < -0.39 is 0 Å². The van der Waals surface area contributed by atoms with Crippen molar-refractivity contribution in [2.45, 2.75) is 44.1 Å². The number of hydrogen-bond donors (Lipinski definition) is 1. The Balaban J connectivity index is 1.54. The molecule has 4 rings (SSSR count). The second-order valence-corrected chi connectivity index (χ2v) is 6.44. The highest BCUT2D eigenvalue weighted by Gasteiger charge is 2.30. The molecule has 2 heterocycles. The van der Waals surface area contributed by atoms with Crippen LogP contribution in [0.25, 0.3) is 0 Å². The van der Waals surface area contributed by atoms with Gasteiger partial charge < -0.3 is 5.32 Å². The van der Waals surface area contributed by atoms with Crippen molar-refractivity contribution < 1.29 is 4.79 Å². The first-order chi connectivity index (χ1) is 10.6. The van der Waals surface area contributed by atoms with Crippen LogP contribution in [0.1, 0.15) is 65.1 Å². The highest BCUT2D eigenvalue weighted by molar-refractivity contribution is 5.92. The van der Waals surface area contributed by atoms with Gasteiger partial charge in [-0.1, -0.05) is 0 Å². The fraction of sp³-hybridized carbons (Fsp3) is 0.562. The lowest BCUT2D eigenvalue weighted by Crippen LogP contribution is -2.31. The molecule has 2 aromatic heterocycles. The van der Waals surface area contributed by atoms with Crippen molar-refractivity contribution in [1.29, 1.82) is 0 Å². The maximum atomic E-state index is 12.5. The Bertz CT molecular complexity index is 725. The van der Waals surface area contributed by atoms with Gasteiger partial charge in [0, 0.05) is 37.0 Å². The molecule has 0 bridgehead atoms. The van der Waals surface area contributed by atoms with Crippen molar-refractivity contribution in [2.75, 3.05) is 0 Å². The van der Waals surface area contributed by atoms with Crippen molar-refractivity contribution >= 4 is 5.91 Å². The van der Waals surface area contributed by atoms with Gasteiger partial charge in [0.25, 0.3) is 5.91 Å². The van der Waals surface area contributed by atoms with Crippen LogP contribution >= 0.6 is 0 Å². The highest BCUT2D eigenvalue weighted by Crippen LogP contribution is 2.40. The van der Waals surface area contributed by atoms with Crippen molar-refractivity contribution in [1.82, 2.24) is 24.9 Å². The second kappa shape index (κ2) is 4.97. The van der Waals surface area contributed by atoms with Crippen LogP contribution in [-0.2, 0) is 20.5 Å². The third kappa shape index (κ3) is 2.23. The average Bonchev–Trinajstić information content (AvgIpc) is 3.17. The van der Waals surface area contributed by atoms with E-state index in [4.69, 9.17) is 0 Å². The van der Waals surface area contributed by atoms with Gasteiger partial charge >= 0.3 is 0 Å². The third-order valence-electron chi connectivity index (χ3n) is 4.83. The van der Waals surface area contributed by atoms with E-state index in [0.717, 1.165) is 24.8 Å². The fourth-order valence-corrected chi connectivity index (χ4v) is 3.44. The van der Waals surface area contributed by atoms with Gasteiger partial charge in [0.2, 0.25) is 0 Å². The molecular weight excluding hydrogens is 278 g/mol. The van der Waals surface area contributed by atoms with Crippen molar-refractivity contribution in [3.63, 3.8) is 0 Å². The molecule has 2 aromatic rings. The SMILES string of the molecule is Cn1nc(C(=O)NC2CCCc3c2cnn3C)cc1C1CC1. The van der Waals surface area contributed by atoms with Gasteiger partial charge in [0.15, 0.2) is 0 Å². The third-order valence-corrected chi connectivity index (χ3v) is 4.83. The summed E-state index contributed by atoms with van der Waals surface area (Å²) in [5.74, 6) is 0.517. The number of nitrogens with one attached hydrogen (secondary N) is 1. The van der Waals surface area contributed by atoms with Crippen LogP contribution in [0.3, 0.4) is 0 Å². The van der Waals surface area contributed by atoms with Crippen LogP contribution < -0.4 is 5.32 Å². The number of hydrogen-bond acceptors (Lipinski definition) is 3. The average molecular weight is 299 g/mol. The first-order valence-electron chi connectivity index (χ1n) is 7.99. The van der Waals surface area contributed by atoms with Gasteiger partial charge in [-0.2, -0.15) is 10.2 Å². The number of amides is 1. The summed E-state index contributed by atoms with van der Waals surface area (Å²) in [5.41, 5.74) is 4.09. The van der Waals surface area contributed by atoms with Crippen molar-refractivity contribution in [2.24, 2.45) is 14.1 Å². The largest absolute Gasteiger partial charge is 0.344 e. The number of rotatable bonds is 3. The van der Waals surface area contributed by atoms with Crippen molar-refractivity contribution in [3.05, 3.63) is 34.9 Å². The molecule has 0 radical (unpaired) electrons. The topological polar surface area (TPSA) is 64.7 Å². The predicted molar refractivity (Wildman–Crippen MR) is 81.5 cm³/mol. The Morgan fingerprint density at radius 2 is 2.09 bits per heavy atom. The zero-order chi connectivity index (χ0) is 15.3. The molecule has 2 aliphatic carbocycles. The smallest absolute Gasteiger partial charge is 0.272 e. The summed E-state index contributed by atoms with van der Waals surface area (Å²) in [6, 6.07) is 2.00. The summed E-state index contributed by atoms with van der Waals surface area (Å²) >= 11 is 0. The number of carbonyl (C=O) groups excluding carboxylic acids is 1. The standard InChI is InChI=1S/C16H21N5O/c1-20-14-5-3-4-12(11(14)9-17-20)18-16(22)13-8-15(10-6-7-10)21(2)19-13/h8-10,12H,3-7H2,1-2H3,(H,18,22). The van der Waals surface area contributed by atoms with E-state index in [2.05, 4.69) is 15.5 Å². The minimum absolute atomic E-state index is 0.0522. The fourth-order valence-electron chi connectivity index (χ4n) is 3.44. The lowest BCUT2D eigenvalue weighted by Gasteiger charge is -2.23. The molecule has 6 heteroatoms. The van der Waals surface area contributed by atoms with Crippen LogP contribution in [0, 0.1) is 0 Å². The Morgan fingerprint density at radius 3 is 2.86 bits per heavy atom. The molecule has 0 saturated heterocycles. The summed E-state index contributed by atoms with van der Waals surface area (Å²) in [6.45, 7) is 0. The summed E-state index contributed by atoms with van der Waals surface area (Å²) < 4.78 is 3.77. The quantitative estimate of drug-likeness (QED) is 0.940. The zero-order valence-corrected chi connectivity index (χ0v) is 13.0. The predicted octanol–water partition coefficient (Wildman–Crippen LogP) is 1.84. The van der Waals surface area contributed by atoms with E-state index in [1.54, 1.807) is 0 Å². The first-order valence-corrected chi connectivity index (χ1v) is 7.99. The first kappa shape index (κ1) is 13.5. The van der Waals surface area contributed by atoms with E-state index in [-0.39, 0.29) is 11.9 Å². The molecule has 116 valence electrons. The zero-order valence-electron chi connectivity index (χ0n) is 13.0. The maximum absolute atomic E-state index is 12.5. The van der Waals surface area contributed by atoms with Crippen LogP contribution in [0.2, 0.25) is 0 Å². The van der Waals surface area contributed by atoms with E-state index in [9.17, 15) is 4.79 Å². The molecule has 22 heavy (non-hydrogen) atoms. The summed E-state index contributed by atoms with van der Waals surface area (Å²) in [5, 5.41) is 11.8. The molecule has 0 spiro atoms. The van der Waals surface area contributed by atoms with Crippen molar-refractivity contribution in [3.8, 4) is 0 Å². The minimum atomic E-state index is -0.0794. The maximum Gasteiger partial charge on any atom is 0.272 e. The van der Waals surface area contributed by atoms with Gasteiger partial charge in [-0.3, -0.25) is 14.2 Å². The summed E-state index contributed by atoms with van der Waals surface area (Å²) in [4.78, 5) is 12.5. The number of nitrogens with zero attached hydrogens (tertiary/aromatic N) is 4. The van der Waals surface area contributed by atoms with Gasteiger partial charge in [0.05, 0.1) is 12.2 Å². The second-order valence-electron chi connectivity index (χ2n) is 6.44. The number of aromatic nitrogens is 4. The minimum Gasteiger partial charge on any atom is -0.344 e. The molecule has 1 amide bonds. The highest BCUT2D eigenvalue weighted by atomic mass is 16.2. The molecule has 0 aromatic carbocycles. The van der Waals surface area contributed by atoms with Crippen LogP contribution in [0.4, 0.5) is 0 Å². The summed E-state index contributed by atoms with van der Waals surface area (Å²) in [6.07, 6.45) is 7.38. The molecule has 1 atom stereocenters. The van der Waals surface area contributed by atoms with E-state index in [0.29, 0.717) is 11.6 Å². The monoisotopic (exact) mass is 299 g/mol. The van der Waals surface area contributed by atoms with Gasteiger partial charge in [-0.25, -0.2) is 0 Å². The molecule has 0 aliphatic heterocycles. The van der Waals surface area contributed by atoms with E-state index >= 15 is 0 Å². The van der Waals surface area contributed by atoms with Gasteiger partial charge in [-0.05, 0) is 38.2 Å². The molecule has 1 fully saturated rings. The molecule has 2 aliphatic rings. The summed E-state index contributed by atoms with van der Waals surface area (Å²) in [7, 11) is 3.88. The number of aryl methyl sites for hydroxylation is 2. The van der Waals surface area contributed by atoms with Gasteiger partial charge in [0.1, 0.15) is 5.69 Å².